The van der Waals surface area contributed by atoms with E-state index >= 15 is 0 Å². The molecule has 0 atom stereocenters. The SMILES string of the molecule is CC1(C)COC(C2C=CC=C2)=N1. The first kappa shape index (κ1) is 7.59. The minimum atomic E-state index is -0.0282. The summed E-state index contributed by atoms with van der Waals surface area (Å²) in [7, 11) is 0. The van der Waals surface area contributed by atoms with Crippen molar-refractivity contribution in [3.8, 4) is 0 Å². The smallest absolute Gasteiger partial charge is 0.195 e. The molecule has 12 heavy (non-hydrogen) atoms. The average Bonchev–Trinajstić information content (AvgIpc) is 2.55. The standard InChI is InChI=1S/C10H13NO/c1-10(2)7-12-9(11-10)8-5-3-4-6-8/h3-6,8H,7H2,1-2H3. The van der Waals surface area contributed by atoms with Crippen molar-refractivity contribution in [2.75, 3.05) is 6.61 Å². The van der Waals surface area contributed by atoms with E-state index in [9.17, 15) is 0 Å². The van der Waals surface area contributed by atoms with Crippen LogP contribution >= 0.6 is 0 Å². The Kier molecular flexibility index (Phi) is 1.56. The highest BCUT2D eigenvalue weighted by Gasteiger charge is 2.29. The molecule has 2 nitrogen and oxygen atoms in total. The van der Waals surface area contributed by atoms with Crippen LogP contribution < -0.4 is 0 Å². The van der Waals surface area contributed by atoms with Gasteiger partial charge in [0.05, 0.1) is 11.5 Å². The molecule has 1 aliphatic heterocycles. The molecule has 0 aromatic rings. The van der Waals surface area contributed by atoms with Gasteiger partial charge in [0.1, 0.15) is 6.61 Å². The summed E-state index contributed by atoms with van der Waals surface area (Å²) in [4.78, 5) is 4.49. The van der Waals surface area contributed by atoms with E-state index in [1.165, 1.54) is 0 Å². The first-order valence-electron chi connectivity index (χ1n) is 4.25. The molecule has 0 saturated heterocycles. The van der Waals surface area contributed by atoms with Crippen molar-refractivity contribution < 1.29 is 4.74 Å². The van der Waals surface area contributed by atoms with Gasteiger partial charge in [0.15, 0.2) is 5.90 Å². The van der Waals surface area contributed by atoms with E-state index in [1.54, 1.807) is 0 Å². The topological polar surface area (TPSA) is 21.6 Å². The minimum Gasteiger partial charge on any atom is -0.478 e. The van der Waals surface area contributed by atoms with Gasteiger partial charge >= 0.3 is 0 Å². The Labute approximate surface area is 72.6 Å². The van der Waals surface area contributed by atoms with Crippen LogP contribution in [-0.4, -0.2) is 18.0 Å². The normalized spacial score (nSPS) is 26.0. The maximum absolute atomic E-state index is 5.50. The summed E-state index contributed by atoms with van der Waals surface area (Å²) in [5, 5.41) is 0. The number of aliphatic imine (C=N–C) groups is 1. The zero-order valence-corrected chi connectivity index (χ0v) is 7.45. The van der Waals surface area contributed by atoms with E-state index in [-0.39, 0.29) is 11.5 Å². The molecule has 1 aliphatic carbocycles. The molecule has 0 saturated carbocycles. The van der Waals surface area contributed by atoms with Crippen molar-refractivity contribution >= 4 is 5.90 Å². The van der Waals surface area contributed by atoms with E-state index in [0.717, 1.165) is 5.90 Å². The molecule has 0 N–H and O–H groups in total. The molecule has 64 valence electrons. The van der Waals surface area contributed by atoms with Crippen LogP contribution in [0.2, 0.25) is 0 Å². The molecule has 0 radical (unpaired) electrons. The van der Waals surface area contributed by atoms with E-state index < -0.39 is 0 Å². The molecule has 0 fully saturated rings. The Morgan fingerprint density at radius 3 is 2.58 bits per heavy atom. The van der Waals surface area contributed by atoms with Crippen molar-refractivity contribution in [3.63, 3.8) is 0 Å². The zero-order valence-electron chi connectivity index (χ0n) is 7.45. The Morgan fingerprint density at radius 1 is 1.42 bits per heavy atom. The monoisotopic (exact) mass is 163 g/mol. The lowest BCUT2D eigenvalue weighted by atomic mass is 10.1. The van der Waals surface area contributed by atoms with Gasteiger partial charge in [-0.1, -0.05) is 24.3 Å². The van der Waals surface area contributed by atoms with E-state index in [0.29, 0.717) is 6.61 Å². The second-order valence-corrected chi connectivity index (χ2v) is 3.85. The quantitative estimate of drug-likeness (QED) is 0.579. The van der Waals surface area contributed by atoms with Gasteiger partial charge in [-0.05, 0) is 13.8 Å². The molecule has 2 aliphatic rings. The van der Waals surface area contributed by atoms with E-state index in [4.69, 9.17) is 4.74 Å². The maximum Gasteiger partial charge on any atom is 0.195 e. The van der Waals surface area contributed by atoms with E-state index in [2.05, 4.69) is 31.0 Å². The van der Waals surface area contributed by atoms with Crippen LogP contribution in [0.15, 0.2) is 29.3 Å². The summed E-state index contributed by atoms with van der Waals surface area (Å²) in [6.45, 7) is 4.88. The molecular formula is C10H13NO. The fraction of sp³-hybridized carbons (Fsp3) is 0.500. The Morgan fingerprint density at radius 2 is 2.08 bits per heavy atom. The Bertz CT molecular complexity index is 262. The van der Waals surface area contributed by atoms with Gasteiger partial charge in [0.2, 0.25) is 0 Å². The molecule has 0 aromatic carbocycles. The highest BCUT2D eigenvalue weighted by Crippen LogP contribution is 2.23. The molecule has 0 aromatic heterocycles. The lowest BCUT2D eigenvalue weighted by Gasteiger charge is -2.07. The van der Waals surface area contributed by atoms with Crippen LogP contribution in [-0.2, 0) is 4.74 Å². The fourth-order valence-corrected chi connectivity index (χ4v) is 1.38. The molecule has 2 rings (SSSR count). The van der Waals surface area contributed by atoms with Crippen LogP contribution in [0, 0.1) is 5.92 Å². The van der Waals surface area contributed by atoms with Gasteiger partial charge < -0.3 is 4.74 Å². The van der Waals surface area contributed by atoms with Crippen LogP contribution in [0.4, 0.5) is 0 Å². The maximum atomic E-state index is 5.50. The molecule has 0 spiro atoms. The van der Waals surface area contributed by atoms with Crippen molar-refractivity contribution in [1.29, 1.82) is 0 Å². The molecule has 1 heterocycles. The first-order valence-corrected chi connectivity index (χ1v) is 4.25. The lowest BCUT2D eigenvalue weighted by molar-refractivity contribution is 0.272. The largest absolute Gasteiger partial charge is 0.478 e. The summed E-state index contributed by atoms with van der Waals surface area (Å²) >= 11 is 0. The van der Waals surface area contributed by atoms with Gasteiger partial charge in [0, 0.05) is 0 Å². The zero-order chi connectivity index (χ0) is 8.60. The second-order valence-electron chi connectivity index (χ2n) is 3.85. The van der Waals surface area contributed by atoms with Gasteiger partial charge in [-0.15, -0.1) is 0 Å². The Hall–Kier alpha value is -1.05. The van der Waals surface area contributed by atoms with Crippen LogP contribution in [0.1, 0.15) is 13.8 Å². The predicted molar refractivity (Wildman–Crippen MR) is 49.2 cm³/mol. The number of ether oxygens (including phenoxy) is 1. The Balaban J connectivity index is 2.16. The van der Waals surface area contributed by atoms with Crippen molar-refractivity contribution in [2.24, 2.45) is 10.9 Å². The highest BCUT2D eigenvalue weighted by atomic mass is 16.5. The van der Waals surface area contributed by atoms with Gasteiger partial charge in [-0.2, -0.15) is 0 Å². The summed E-state index contributed by atoms with van der Waals surface area (Å²) in [5.74, 6) is 1.15. The number of allylic oxidation sites excluding steroid dienone is 2. The average molecular weight is 163 g/mol. The molecular weight excluding hydrogens is 150 g/mol. The molecule has 0 bridgehead atoms. The third-order valence-corrected chi connectivity index (χ3v) is 2.02. The summed E-state index contributed by atoms with van der Waals surface area (Å²) in [5.41, 5.74) is -0.0282. The summed E-state index contributed by atoms with van der Waals surface area (Å²) in [6, 6.07) is 0. The van der Waals surface area contributed by atoms with Crippen LogP contribution in [0.5, 0.6) is 0 Å². The lowest BCUT2D eigenvalue weighted by Crippen LogP contribution is -2.17. The molecule has 0 unspecified atom stereocenters. The number of hydrogen-bond acceptors (Lipinski definition) is 2. The van der Waals surface area contributed by atoms with Crippen molar-refractivity contribution in [1.82, 2.24) is 0 Å². The summed E-state index contributed by atoms with van der Waals surface area (Å²) < 4.78 is 5.50. The van der Waals surface area contributed by atoms with Crippen molar-refractivity contribution in [2.45, 2.75) is 19.4 Å². The second kappa shape index (κ2) is 2.47. The highest BCUT2D eigenvalue weighted by molar-refractivity contribution is 5.84. The first-order chi connectivity index (χ1) is 5.67. The molecule has 2 heteroatoms. The number of rotatable bonds is 1. The molecule has 0 amide bonds. The number of nitrogens with zero attached hydrogens (tertiary/aromatic N) is 1. The van der Waals surface area contributed by atoms with Crippen LogP contribution in [0.25, 0.3) is 0 Å². The van der Waals surface area contributed by atoms with Gasteiger partial charge in [-0.3, -0.25) is 0 Å². The number of hydrogen-bond donors (Lipinski definition) is 0. The van der Waals surface area contributed by atoms with Gasteiger partial charge in [-0.25, -0.2) is 4.99 Å². The minimum absolute atomic E-state index is 0.0282. The van der Waals surface area contributed by atoms with Crippen LogP contribution in [0.3, 0.4) is 0 Å². The predicted octanol–water partition coefficient (Wildman–Crippen LogP) is 1.94. The third kappa shape index (κ3) is 1.29. The van der Waals surface area contributed by atoms with E-state index in [1.807, 2.05) is 12.2 Å². The fourth-order valence-electron chi connectivity index (χ4n) is 1.38. The summed E-state index contributed by atoms with van der Waals surface area (Å²) in [6.07, 6.45) is 8.25. The third-order valence-electron chi connectivity index (χ3n) is 2.02. The van der Waals surface area contributed by atoms with Crippen molar-refractivity contribution in [3.05, 3.63) is 24.3 Å². The van der Waals surface area contributed by atoms with Gasteiger partial charge in [0.25, 0.3) is 0 Å².